The first kappa shape index (κ1) is 19.5. The highest BCUT2D eigenvalue weighted by atomic mass is 32.2. The summed E-state index contributed by atoms with van der Waals surface area (Å²) in [6, 6.07) is 2.05. The standard InChI is InChI=1S/C17H23N3O3S3/c1-2-9-26(22,23)20-6-3-14(4-7-20)18-16(21)10-15-12-25-17(19-15)13-5-8-24-11-13/h5,8,11-12,14H,2-4,6-7,9-10H2,1H3,(H,18,21). The highest BCUT2D eigenvalue weighted by Crippen LogP contribution is 2.25. The Morgan fingerprint density at radius 3 is 2.77 bits per heavy atom. The summed E-state index contributed by atoms with van der Waals surface area (Å²) in [5.74, 6) is 0.141. The summed E-state index contributed by atoms with van der Waals surface area (Å²) in [4.78, 5) is 16.8. The molecule has 1 saturated heterocycles. The van der Waals surface area contributed by atoms with Crippen molar-refractivity contribution in [3.05, 3.63) is 27.9 Å². The van der Waals surface area contributed by atoms with E-state index in [1.165, 1.54) is 0 Å². The maximum absolute atomic E-state index is 12.3. The Kier molecular flexibility index (Phi) is 6.44. The van der Waals surface area contributed by atoms with Crippen molar-refractivity contribution in [2.24, 2.45) is 0 Å². The van der Waals surface area contributed by atoms with E-state index < -0.39 is 10.0 Å². The fraction of sp³-hybridized carbons (Fsp3) is 0.529. The molecule has 0 aliphatic carbocycles. The normalized spacial score (nSPS) is 16.7. The van der Waals surface area contributed by atoms with E-state index >= 15 is 0 Å². The van der Waals surface area contributed by atoms with E-state index in [0.717, 1.165) is 16.3 Å². The third-order valence-electron chi connectivity index (χ3n) is 4.34. The fourth-order valence-corrected chi connectivity index (χ4v) is 6.09. The van der Waals surface area contributed by atoms with Crippen molar-refractivity contribution in [2.75, 3.05) is 18.8 Å². The highest BCUT2D eigenvalue weighted by Gasteiger charge is 2.28. The van der Waals surface area contributed by atoms with Gasteiger partial charge < -0.3 is 5.32 Å². The summed E-state index contributed by atoms with van der Waals surface area (Å²) in [7, 11) is -3.14. The van der Waals surface area contributed by atoms with Crippen LogP contribution in [0.5, 0.6) is 0 Å². The van der Waals surface area contributed by atoms with E-state index in [0.29, 0.717) is 32.4 Å². The lowest BCUT2D eigenvalue weighted by Crippen LogP contribution is -2.47. The molecule has 3 heterocycles. The minimum atomic E-state index is -3.14. The van der Waals surface area contributed by atoms with Crippen molar-refractivity contribution in [1.29, 1.82) is 0 Å². The molecule has 0 saturated carbocycles. The molecule has 1 aliphatic heterocycles. The van der Waals surface area contributed by atoms with Crippen LogP contribution in [0.25, 0.3) is 10.6 Å². The van der Waals surface area contributed by atoms with Gasteiger partial charge >= 0.3 is 0 Å². The molecule has 2 aromatic heterocycles. The lowest BCUT2D eigenvalue weighted by Gasteiger charge is -2.31. The second-order valence-corrected chi connectivity index (χ2v) is 10.1. The molecule has 0 radical (unpaired) electrons. The summed E-state index contributed by atoms with van der Waals surface area (Å²) in [5, 5.41) is 9.93. The van der Waals surface area contributed by atoms with Crippen LogP contribution in [0.3, 0.4) is 0 Å². The zero-order valence-corrected chi connectivity index (χ0v) is 17.1. The van der Waals surface area contributed by atoms with Crippen LogP contribution in [-0.4, -0.2) is 48.5 Å². The van der Waals surface area contributed by atoms with Crippen molar-refractivity contribution in [3.8, 4) is 10.6 Å². The lowest BCUT2D eigenvalue weighted by molar-refractivity contribution is -0.121. The molecule has 1 aliphatic rings. The Morgan fingerprint density at radius 2 is 2.12 bits per heavy atom. The molecule has 3 rings (SSSR count). The number of sulfonamides is 1. The molecule has 0 bridgehead atoms. The number of nitrogens with one attached hydrogen (secondary N) is 1. The van der Waals surface area contributed by atoms with Crippen LogP contribution in [0.2, 0.25) is 0 Å². The number of thiophene rings is 1. The number of amides is 1. The van der Waals surface area contributed by atoms with Crippen molar-refractivity contribution >= 4 is 38.6 Å². The molecule has 0 unspecified atom stereocenters. The number of hydrogen-bond donors (Lipinski definition) is 1. The van der Waals surface area contributed by atoms with Gasteiger partial charge in [0.2, 0.25) is 15.9 Å². The highest BCUT2D eigenvalue weighted by molar-refractivity contribution is 7.89. The van der Waals surface area contributed by atoms with Crippen molar-refractivity contribution in [2.45, 2.75) is 38.6 Å². The summed E-state index contributed by atoms with van der Waals surface area (Å²) in [6.45, 7) is 2.82. The van der Waals surface area contributed by atoms with Crippen molar-refractivity contribution < 1.29 is 13.2 Å². The lowest BCUT2D eigenvalue weighted by atomic mass is 10.1. The van der Waals surface area contributed by atoms with E-state index in [1.54, 1.807) is 27.0 Å². The minimum absolute atomic E-state index is 0.0329. The van der Waals surface area contributed by atoms with Gasteiger partial charge in [-0.2, -0.15) is 11.3 Å². The monoisotopic (exact) mass is 413 g/mol. The Hall–Kier alpha value is -1.29. The minimum Gasteiger partial charge on any atom is -0.353 e. The molecule has 2 aromatic rings. The maximum atomic E-state index is 12.3. The summed E-state index contributed by atoms with van der Waals surface area (Å²) < 4.78 is 25.7. The van der Waals surface area contributed by atoms with Gasteiger partial charge in [0.25, 0.3) is 0 Å². The number of nitrogens with zero attached hydrogens (tertiary/aromatic N) is 2. The number of aromatic nitrogens is 1. The van der Waals surface area contributed by atoms with E-state index in [2.05, 4.69) is 10.3 Å². The van der Waals surface area contributed by atoms with Crippen molar-refractivity contribution in [1.82, 2.24) is 14.6 Å². The van der Waals surface area contributed by atoms with Gasteiger partial charge in [0, 0.05) is 35.5 Å². The Labute approximate surface area is 162 Å². The molecule has 26 heavy (non-hydrogen) atoms. The van der Waals surface area contributed by atoms with Crippen LogP contribution in [0.15, 0.2) is 22.2 Å². The van der Waals surface area contributed by atoms with E-state index in [9.17, 15) is 13.2 Å². The van der Waals surface area contributed by atoms with Crippen LogP contribution in [0, 0.1) is 0 Å². The van der Waals surface area contributed by atoms with Gasteiger partial charge in [-0.25, -0.2) is 17.7 Å². The summed E-state index contributed by atoms with van der Waals surface area (Å²) >= 11 is 3.17. The molecule has 1 amide bonds. The largest absolute Gasteiger partial charge is 0.353 e. The smallest absolute Gasteiger partial charge is 0.226 e. The molecule has 1 fully saturated rings. The first-order valence-corrected chi connectivity index (χ1v) is 12.1. The second kappa shape index (κ2) is 8.60. The average Bonchev–Trinajstić information content (AvgIpc) is 3.26. The zero-order chi connectivity index (χ0) is 18.6. The number of carbonyl (C=O) groups excluding carboxylic acids is 1. The molecular formula is C17H23N3O3S3. The molecule has 142 valence electrons. The fourth-order valence-electron chi connectivity index (χ4n) is 3.02. The van der Waals surface area contributed by atoms with Gasteiger partial charge in [-0.05, 0) is 30.7 Å². The van der Waals surface area contributed by atoms with Crippen LogP contribution >= 0.6 is 22.7 Å². The summed E-state index contributed by atoms with van der Waals surface area (Å²) in [6.07, 6.45) is 2.20. The third-order valence-corrected chi connectivity index (χ3v) is 8.04. The number of hydrogen-bond acceptors (Lipinski definition) is 6. The number of carbonyl (C=O) groups is 1. The second-order valence-electron chi connectivity index (χ2n) is 6.39. The number of rotatable bonds is 7. The quantitative estimate of drug-likeness (QED) is 0.757. The van der Waals surface area contributed by atoms with Crippen molar-refractivity contribution in [3.63, 3.8) is 0 Å². The first-order chi connectivity index (χ1) is 12.5. The van der Waals surface area contributed by atoms with Gasteiger partial charge in [-0.1, -0.05) is 6.92 Å². The van der Waals surface area contributed by atoms with Crippen LogP contribution in [0.1, 0.15) is 31.9 Å². The summed E-state index contributed by atoms with van der Waals surface area (Å²) in [5.41, 5.74) is 1.86. The Balaban J connectivity index is 1.48. The van der Waals surface area contributed by atoms with Crippen LogP contribution in [0.4, 0.5) is 0 Å². The predicted molar refractivity (Wildman–Crippen MR) is 106 cm³/mol. The van der Waals surface area contributed by atoms with Gasteiger partial charge in [0.1, 0.15) is 5.01 Å². The molecular weight excluding hydrogens is 390 g/mol. The van der Waals surface area contributed by atoms with E-state index in [4.69, 9.17) is 0 Å². The molecule has 0 atom stereocenters. The molecule has 9 heteroatoms. The third kappa shape index (κ3) is 4.91. The zero-order valence-electron chi connectivity index (χ0n) is 14.7. The van der Waals surface area contributed by atoms with Gasteiger partial charge in [0.15, 0.2) is 0 Å². The number of thiazole rings is 1. The number of piperidine rings is 1. The molecule has 0 aromatic carbocycles. The SMILES string of the molecule is CCCS(=O)(=O)N1CCC(NC(=O)Cc2csc(-c3ccsc3)n2)CC1. The average molecular weight is 414 g/mol. The molecule has 1 N–H and O–H groups in total. The Bertz CT molecular complexity index is 823. The van der Waals surface area contributed by atoms with Gasteiger partial charge in [-0.15, -0.1) is 11.3 Å². The Morgan fingerprint density at radius 1 is 1.35 bits per heavy atom. The van der Waals surface area contributed by atoms with Crippen LogP contribution in [-0.2, 0) is 21.2 Å². The predicted octanol–water partition coefficient (Wildman–Crippen LogP) is 2.73. The van der Waals surface area contributed by atoms with Crippen LogP contribution < -0.4 is 5.32 Å². The molecule has 6 nitrogen and oxygen atoms in total. The molecule has 0 spiro atoms. The van der Waals surface area contributed by atoms with Gasteiger partial charge in [0.05, 0.1) is 17.9 Å². The van der Waals surface area contributed by atoms with E-state index in [-0.39, 0.29) is 24.1 Å². The van der Waals surface area contributed by atoms with E-state index in [1.807, 2.05) is 29.1 Å². The first-order valence-electron chi connectivity index (χ1n) is 8.72. The topological polar surface area (TPSA) is 79.4 Å². The van der Waals surface area contributed by atoms with Gasteiger partial charge in [-0.3, -0.25) is 4.79 Å². The maximum Gasteiger partial charge on any atom is 0.226 e.